The van der Waals surface area contributed by atoms with Crippen LogP contribution in [-0.4, -0.2) is 72.4 Å². The van der Waals surface area contributed by atoms with Gasteiger partial charge in [-0.05, 0) is 42.7 Å². The predicted octanol–water partition coefficient (Wildman–Crippen LogP) is 1.95. The molecule has 0 bridgehead atoms. The highest BCUT2D eigenvalue weighted by Crippen LogP contribution is 2.22. The van der Waals surface area contributed by atoms with Gasteiger partial charge in [-0.2, -0.15) is 0 Å². The molecule has 2 aliphatic heterocycles. The maximum Gasteiger partial charge on any atom is 0.280 e. The van der Waals surface area contributed by atoms with Crippen molar-refractivity contribution in [2.24, 2.45) is 0 Å². The largest absolute Gasteiger partial charge is 0.378 e. The maximum atomic E-state index is 13.2. The average Bonchev–Trinajstić information content (AvgIpc) is 3.36. The van der Waals surface area contributed by atoms with E-state index in [0.717, 1.165) is 29.0 Å². The lowest BCUT2D eigenvalue weighted by molar-refractivity contribution is -0.133. The van der Waals surface area contributed by atoms with Crippen LogP contribution in [0.2, 0.25) is 0 Å². The Hall–Kier alpha value is -3.26. The number of aromatic nitrogens is 1. The highest BCUT2D eigenvalue weighted by atomic mass is 16.5. The molecule has 0 aliphatic carbocycles. The fourth-order valence-electron chi connectivity index (χ4n) is 3.90. The molecule has 2 aromatic rings. The van der Waals surface area contributed by atoms with Crippen LogP contribution in [0.3, 0.4) is 0 Å². The summed E-state index contributed by atoms with van der Waals surface area (Å²) >= 11 is 0. The third-order valence-corrected chi connectivity index (χ3v) is 5.65. The smallest absolute Gasteiger partial charge is 0.280 e. The first-order valence-electron chi connectivity index (χ1n) is 10.4. The summed E-state index contributed by atoms with van der Waals surface area (Å²) in [5, 5.41) is 0. The predicted molar refractivity (Wildman–Crippen MR) is 115 cm³/mol. The highest BCUT2D eigenvalue weighted by Gasteiger charge is 2.38. The van der Waals surface area contributed by atoms with Crippen molar-refractivity contribution in [2.45, 2.75) is 25.5 Å². The van der Waals surface area contributed by atoms with Crippen LogP contribution in [0, 0.1) is 0 Å². The van der Waals surface area contributed by atoms with E-state index in [4.69, 9.17) is 4.74 Å². The number of benzene rings is 1. The van der Waals surface area contributed by atoms with E-state index in [1.54, 1.807) is 17.0 Å². The summed E-state index contributed by atoms with van der Waals surface area (Å²) in [7, 11) is 3.94. The monoisotopic (exact) mass is 422 g/mol. The zero-order valence-corrected chi connectivity index (χ0v) is 17.8. The molecule has 0 saturated carbocycles. The molecule has 1 atom stereocenters. The van der Waals surface area contributed by atoms with E-state index in [1.807, 2.05) is 43.3 Å². The van der Waals surface area contributed by atoms with Crippen LogP contribution < -0.4 is 4.90 Å². The molecule has 31 heavy (non-hydrogen) atoms. The van der Waals surface area contributed by atoms with E-state index < -0.39 is 11.8 Å². The number of imide groups is 1. The number of nitrogens with zero attached hydrogens (tertiary/aromatic N) is 4. The van der Waals surface area contributed by atoms with Crippen molar-refractivity contribution in [3.8, 4) is 0 Å². The number of hydrogen-bond acceptors (Lipinski definition) is 6. The molecule has 4 rings (SSSR count). The van der Waals surface area contributed by atoms with E-state index in [1.165, 1.54) is 6.20 Å². The molecule has 3 amide bonds. The van der Waals surface area contributed by atoms with Crippen molar-refractivity contribution in [3.05, 3.63) is 59.4 Å². The Morgan fingerprint density at radius 3 is 2.58 bits per heavy atom. The molecule has 8 nitrogen and oxygen atoms in total. The molecule has 2 aliphatic rings. The third kappa shape index (κ3) is 4.44. The summed E-state index contributed by atoms with van der Waals surface area (Å²) in [5.74, 6) is -1.29. The number of carbonyl (C=O) groups excluding carboxylic acids is 3. The summed E-state index contributed by atoms with van der Waals surface area (Å²) in [6.07, 6.45) is 3.29. The number of fused-ring (bicyclic) bond motifs is 1. The van der Waals surface area contributed by atoms with E-state index >= 15 is 0 Å². The molecule has 3 heterocycles. The number of carbonyl (C=O) groups is 3. The number of amides is 3. The van der Waals surface area contributed by atoms with Gasteiger partial charge in [-0.1, -0.05) is 12.1 Å². The molecule has 162 valence electrons. The molecule has 0 N–H and O–H groups in total. The Balaban J connectivity index is 1.50. The lowest BCUT2D eigenvalue weighted by atomic mass is 10.1. The normalized spacial score (nSPS) is 17.7. The van der Waals surface area contributed by atoms with Gasteiger partial charge >= 0.3 is 0 Å². The summed E-state index contributed by atoms with van der Waals surface area (Å²) in [5.41, 5.74) is 2.38. The second kappa shape index (κ2) is 8.85. The average molecular weight is 422 g/mol. The van der Waals surface area contributed by atoms with Crippen molar-refractivity contribution < 1.29 is 19.1 Å². The maximum absolute atomic E-state index is 13.2. The fraction of sp³-hybridized carbons (Fsp3) is 0.391. The third-order valence-electron chi connectivity index (χ3n) is 5.65. The summed E-state index contributed by atoms with van der Waals surface area (Å²) < 4.78 is 5.73. The van der Waals surface area contributed by atoms with Gasteiger partial charge in [0.25, 0.3) is 11.8 Å². The minimum Gasteiger partial charge on any atom is -0.378 e. The topological polar surface area (TPSA) is 83.1 Å². The van der Waals surface area contributed by atoms with Crippen LogP contribution in [0.25, 0.3) is 0 Å². The van der Waals surface area contributed by atoms with Crippen molar-refractivity contribution >= 4 is 23.4 Å². The molecule has 1 saturated heterocycles. The molecule has 1 aromatic heterocycles. The molecule has 1 aromatic carbocycles. The van der Waals surface area contributed by atoms with Gasteiger partial charge in [-0.15, -0.1) is 0 Å². The standard InChI is InChI=1S/C23H26N4O4/c1-25(2)17-9-7-16(8-10-17)13-26(14-18-5-4-12-31-18)20(28)15-27-22(29)19-6-3-11-24-21(19)23(27)30/h3,6-11,18H,4-5,12-15H2,1-2H3. The SMILES string of the molecule is CN(C)c1ccc(CN(CC2CCCO2)C(=O)CN2C(=O)c3cccnc3C2=O)cc1. The second-order valence-corrected chi connectivity index (χ2v) is 8.07. The van der Waals surface area contributed by atoms with Gasteiger partial charge in [0.1, 0.15) is 12.2 Å². The van der Waals surface area contributed by atoms with Gasteiger partial charge in [0.2, 0.25) is 5.91 Å². The van der Waals surface area contributed by atoms with E-state index in [0.29, 0.717) is 19.7 Å². The lowest BCUT2D eigenvalue weighted by Crippen LogP contribution is -2.44. The summed E-state index contributed by atoms with van der Waals surface area (Å²) in [4.78, 5) is 47.1. The van der Waals surface area contributed by atoms with Crippen molar-refractivity contribution in [1.82, 2.24) is 14.8 Å². The molecule has 1 unspecified atom stereocenters. The van der Waals surface area contributed by atoms with Gasteiger partial charge in [0.15, 0.2) is 0 Å². The summed E-state index contributed by atoms with van der Waals surface area (Å²) in [6.45, 7) is 1.19. The van der Waals surface area contributed by atoms with E-state index in [2.05, 4.69) is 4.98 Å². The van der Waals surface area contributed by atoms with Crippen LogP contribution in [0.4, 0.5) is 5.69 Å². The van der Waals surface area contributed by atoms with Crippen LogP contribution in [0.15, 0.2) is 42.6 Å². The molecule has 0 spiro atoms. The Bertz CT molecular complexity index is 948. The number of anilines is 1. The van der Waals surface area contributed by atoms with Crippen molar-refractivity contribution in [3.63, 3.8) is 0 Å². The number of hydrogen-bond donors (Lipinski definition) is 0. The first-order valence-corrected chi connectivity index (χ1v) is 10.4. The Morgan fingerprint density at radius 1 is 1.16 bits per heavy atom. The van der Waals surface area contributed by atoms with E-state index in [-0.39, 0.29) is 29.8 Å². The Labute approximate surface area is 181 Å². The Kier molecular flexibility index (Phi) is 5.99. The van der Waals surface area contributed by atoms with Crippen molar-refractivity contribution in [1.29, 1.82) is 0 Å². The van der Waals surface area contributed by atoms with Crippen LogP contribution >= 0.6 is 0 Å². The number of rotatable bonds is 7. The Morgan fingerprint density at radius 2 is 1.94 bits per heavy atom. The summed E-state index contributed by atoms with van der Waals surface area (Å²) in [6, 6.07) is 11.1. The second-order valence-electron chi connectivity index (χ2n) is 8.07. The number of ether oxygens (including phenoxy) is 1. The van der Waals surface area contributed by atoms with Crippen LogP contribution in [-0.2, 0) is 16.1 Å². The van der Waals surface area contributed by atoms with Crippen LogP contribution in [0.1, 0.15) is 39.3 Å². The molecular formula is C23H26N4O4. The van der Waals surface area contributed by atoms with Gasteiger partial charge in [-0.3, -0.25) is 24.3 Å². The zero-order chi connectivity index (χ0) is 22.0. The minimum atomic E-state index is -0.527. The quantitative estimate of drug-likeness (QED) is 0.635. The molecule has 8 heteroatoms. The molecule has 1 fully saturated rings. The molecule has 0 radical (unpaired) electrons. The van der Waals surface area contributed by atoms with Gasteiger partial charge < -0.3 is 14.5 Å². The fourth-order valence-corrected chi connectivity index (χ4v) is 3.90. The minimum absolute atomic E-state index is 0.0335. The molecular weight excluding hydrogens is 396 g/mol. The van der Waals surface area contributed by atoms with Gasteiger partial charge in [-0.25, -0.2) is 0 Å². The van der Waals surface area contributed by atoms with E-state index in [9.17, 15) is 14.4 Å². The first-order chi connectivity index (χ1) is 14.9. The van der Waals surface area contributed by atoms with Crippen molar-refractivity contribution in [2.75, 3.05) is 38.7 Å². The van der Waals surface area contributed by atoms with Crippen LogP contribution in [0.5, 0.6) is 0 Å². The van der Waals surface area contributed by atoms with Gasteiger partial charge in [0, 0.05) is 45.7 Å². The first kappa shape index (κ1) is 21.0. The lowest BCUT2D eigenvalue weighted by Gasteiger charge is -2.27. The number of pyridine rings is 1. The van der Waals surface area contributed by atoms with Gasteiger partial charge in [0.05, 0.1) is 11.7 Å². The highest BCUT2D eigenvalue weighted by molar-refractivity contribution is 6.21. The zero-order valence-electron chi connectivity index (χ0n) is 17.8.